The molecule has 6 heteroatoms. The molecule has 2 aromatic heterocycles. The molecule has 0 bridgehead atoms. The van der Waals surface area contributed by atoms with Crippen LogP contribution in [0.4, 0.5) is 0 Å². The minimum Gasteiger partial charge on any atom is -0.467 e. The molecule has 1 N–H and O–H groups in total. The Kier molecular flexibility index (Phi) is 6.39. The molecule has 0 aliphatic carbocycles. The maximum atomic E-state index is 6.12. The second-order valence-corrected chi connectivity index (χ2v) is 6.73. The fraction of sp³-hybridized carbons (Fsp3) is 0.429. The van der Waals surface area contributed by atoms with E-state index in [-0.39, 0.29) is 6.04 Å². The van der Waals surface area contributed by atoms with E-state index in [1.165, 1.54) is 11.3 Å². The van der Waals surface area contributed by atoms with Gasteiger partial charge in [-0.15, -0.1) is 11.3 Å². The molecule has 0 saturated carbocycles. The van der Waals surface area contributed by atoms with Gasteiger partial charge in [-0.25, -0.2) is 0 Å². The SMILES string of the molecule is CC(NCCCOCc1ccco1)c1cc(Cl)sc1Cl. The van der Waals surface area contributed by atoms with E-state index in [4.69, 9.17) is 32.4 Å². The molecule has 0 fully saturated rings. The summed E-state index contributed by atoms with van der Waals surface area (Å²) < 4.78 is 12.2. The molecule has 0 spiro atoms. The van der Waals surface area contributed by atoms with Crippen LogP contribution >= 0.6 is 34.5 Å². The van der Waals surface area contributed by atoms with E-state index in [0.717, 1.165) is 33.0 Å². The van der Waals surface area contributed by atoms with Crippen LogP contribution in [0.3, 0.4) is 0 Å². The van der Waals surface area contributed by atoms with E-state index in [0.29, 0.717) is 13.2 Å². The number of ether oxygens (including phenoxy) is 1. The molecular weight excluding hydrogens is 317 g/mol. The highest BCUT2D eigenvalue weighted by molar-refractivity contribution is 7.20. The van der Waals surface area contributed by atoms with Crippen LogP contribution < -0.4 is 5.32 Å². The van der Waals surface area contributed by atoms with Gasteiger partial charge in [-0.3, -0.25) is 0 Å². The van der Waals surface area contributed by atoms with Crippen molar-refractivity contribution in [1.29, 1.82) is 0 Å². The van der Waals surface area contributed by atoms with Crippen molar-refractivity contribution in [1.82, 2.24) is 5.32 Å². The van der Waals surface area contributed by atoms with E-state index >= 15 is 0 Å². The van der Waals surface area contributed by atoms with Crippen LogP contribution in [-0.4, -0.2) is 13.2 Å². The summed E-state index contributed by atoms with van der Waals surface area (Å²) in [6, 6.07) is 5.87. The highest BCUT2D eigenvalue weighted by Crippen LogP contribution is 2.34. The molecule has 0 aromatic carbocycles. The highest BCUT2D eigenvalue weighted by atomic mass is 35.5. The van der Waals surface area contributed by atoms with Crippen molar-refractivity contribution in [2.24, 2.45) is 0 Å². The first kappa shape index (κ1) is 15.9. The molecule has 20 heavy (non-hydrogen) atoms. The molecule has 1 atom stereocenters. The largest absolute Gasteiger partial charge is 0.467 e. The van der Waals surface area contributed by atoms with Gasteiger partial charge in [0.2, 0.25) is 0 Å². The standard InChI is InChI=1S/C14H17Cl2NO2S/c1-10(12-8-13(15)20-14(12)16)17-5-3-6-18-9-11-4-2-7-19-11/h2,4,7-8,10,17H,3,5-6,9H2,1H3. The Hall–Kier alpha value is -0.520. The third-order valence-electron chi connectivity index (χ3n) is 2.89. The molecule has 0 amide bonds. The molecule has 2 aromatic rings. The zero-order chi connectivity index (χ0) is 14.4. The van der Waals surface area contributed by atoms with Crippen molar-refractivity contribution in [2.75, 3.05) is 13.2 Å². The molecule has 1 unspecified atom stereocenters. The number of halogens is 2. The molecule has 2 rings (SSSR count). The second-order valence-electron chi connectivity index (χ2n) is 4.44. The normalized spacial score (nSPS) is 12.8. The van der Waals surface area contributed by atoms with Gasteiger partial charge < -0.3 is 14.5 Å². The summed E-state index contributed by atoms with van der Waals surface area (Å²) in [6.07, 6.45) is 2.58. The third kappa shape index (κ3) is 4.79. The van der Waals surface area contributed by atoms with Gasteiger partial charge in [0.05, 0.1) is 14.9 Å². The van der Waals surface area contributed by atoms with Crippen molar-refractivity contribution in [3.8, 4) is 0 Å². The lowest BCUT2D eigenvalue weighted by Crippen LogP contribution is -2.20. The first-order valence-corrected chi connectivity index (χ1v) is 8.02. The van der Waals surface area contributed by atoms with Crippen LogP contribution in [0.15, 0.2) is 28.9 Å². The lowest BCUT2D eigenvalue weighted by atomic mass is 10.2. The average Bonchev–Trinajstić information content (AvgIpc) is 3.03. The topological polar surface area (TPSA) is 34.4 Å². The Morgan fingerprint density at radius 1 is 1.45 bits per heavy atom. The van der Waals surface area contributed by atoms with Crippen molar-refractivity contribution in [3.63, 3.8) is 0 Å². The van der Waals surface area contributed by atoms with Crippen LogP contribution in [0.5, 0.6) is 0 Å². The Morgan fingerprint density at radius 2 is 2.30 bits per heavy atom. The van der Waals surface area contributed by atoms with Crippen molar-refractivity contribution >= 4 is 34.5 Å². The van der Waals surface area contributed by atoms with Crippen LogP contribution in [0.2, 0.25) is 8.67 Å². The molecule has 3 nitrogen and oxygen atoms in total. The number of nitrogens with one attached hydrogen (secondary N) is 1. The van der Waals surface area contributed by atoms with Crippen LogP contribution in [0.1, 0.15) is 30.7 Å². The fourth-order valence-corrected chi connectivity index (χ4v) is 3.46. The monoisotopic (exact) mass is 333 g/mol. The molecule has 0 radical (unpaired) electrons. The number of furan rings is 1. The summed E-state index contributed by atoms with van der Waals surface area (Å²) >= 11 is 13.5. The molecule has 0 saturated heterocycles. The first-order chi connectivity index (χ1) is 9.66. The summed E-state index contributed by atoms with van der Waals surface area (Å²) in [5.41, 5.74) is 1.05. The summed E-state index contributed by atoms with van der Waals surface area (Å²) in [5.74, 6) is 0.853. The lowest BCUT2D eigenvalue weighted by Gasteiger charge is -2.13. The van der Waals surface area contributed by atoms with Gasteiger partial charge in [-0.05, 0) is 43.7 Å². The van der Waals surface area contributed by atoms with Crippen LogP contribution in [0, 0.1) is 0 Å². The van der Waals surface area contributed by atoms with E-state index < -0.39 is 0 Å². The van der Waals surface area contributed by atoms with Crippen LogP contribution in [-0.2, 0) is 11.3 Å². The lowest BCUT2D eigenvalue weighted by molar-refractivity contribution is 0.104. The minimum atomic E-state index is 0.191. The Morgan fingerprint density at radius 3 is 2.95 bits per heavy atom. The summed E-state index contributed by atoms with van der Waals surface area (Å²) in [5, 5.41) is 3.41. The van der Waals surface area contributed by atoms with Crippen molar-refractivity contribution < 1.29 is 9.15 Å². The Balaban J connectivity index is 1.60. The first-order valence-electron chi connectivity index (χ1n) is 6.45. The van der Waals surface area contributed by atoms with E-state index in [1.807, 2.05) is 18.2 Å². The smallest absolute Gasteiger partial charge is 0.129 e. The Labute approximate surface area is 132 Å². The van der Waals surface area contributed by atoms with Gasteiger partial charge in [0.1, 0.15) is 12.4 Å². The predicted octanol–water partition coefficient (Wildman–Crippen LogP) is 4.91. The number of hydrogen-bond donors (Lipinski definition) is 1. The zero-order valence-corrected chi connectivity index (χ0v) is 13.5. The molecule has 110 valence electrons. The van der Waals surface area contributed by atoms with Gasteiger partial charge in [0.25, 0.3) is 0 Å². The van der Waals surface area contributed by atoms with Gasteiger partial charge in [-0.1, -0.05) is 23.2 Å². The van der Waals surface area contributed by atoms with E-state index in [9.17, 15) is 0 Å². The molecule has 0 aliphatic rings. The van der Waals surface area contributed by atoms with Gasteiger partial charge in [-0.2, -0.15) is 0 Å². The minimum absolute atomic E-state index is 0.191. The highest BCUT2D eigenvalue weighted by Gasteiger charge is 2.12. The maximum Gasteiger partial charge on any atom is 0.129 e. The molecule has 0 aliphatic heterocycles. The van der Waals surface area contributed by atoms with Crippen LogP contribution in [0.25, 0.3) is 0 Å². The predicted molar refractivity (Wildman–Crippen MR) is 83.7 cm³/mol. The average molecular weight is 334 g/mol. The number of rotatable bonds is 8. The summed E-state index contributed by atoms with van der Waals surface area (Å²) in [4.78, 5) is 0. The van der Waals surface area contributed by atoms with Gasteiger partial charge in [0, 0.05) is 12.6 Å². The fourth-order valence-electron chi connectivity index (χ4n) is 1.82. The summed E-state index contributed by atoms with van der Waals surface area (Å²) in [6.45, 7) is 4.16. The van der Waals surface area contributed by atoms with Gasteiger partial charge >= 0.3 is 0 Å². The second kappa shape index (κ2) is 8.05. The number of thiophene rings is 1. The van der Waals surface area contributed by atoms with E-state index in [1.54, 1.807) is 6.26 Å². The van der Waals surface area contributed by atoms with E-state index in [2.05, 4.69) is 12.2 Å². The quantitative estimate of drug-likeness (QED) is 0.697. The molecular formula is C14H17Cl2NO2S. The number of hydrogen-bond acceptors (Lipinski definition) is 4. The van der Waals surface area contributed by atoms with Crippen molar-refractivity contribution in [2.45, 2.75) is 26.0 Å². The van der Waals surface area contributed by atoms with Crippen molar-refractivity contribution in [3.05, 3.63) is 44.5 Å². The molecule has 2 heterocycles. The van der Waals surface area contributed by atoms with Gasteiger partial charge in [0.15, 0.2) is 0 Å². The maximum absolute atomic E-state index is 6.12. The zero-order valence-electron chi connectivity index (χ0n) is 11.2. The Bertz CT molecular complexity index is 513. The third-order valence-corrected chi connectivity index (χ3v) is 4.41. The summed E-state index contributed by atoms with van der Waals surface area (Å²) in [7, 11) is 0.